The molecule has 0 aromatic heterocycles. The molecule has 1 aromatic rings. The maximum atomic E-state index is 13.6. The molecule has 11 N–H and O–H groups in total. The van der Waals surface area contributed by atoms with E-state index in [0.29, 0.717) is 30.5 Å². The first kappa shape index (κ1) is 33.0. The predicted octanol–water partition coefficient (Wildman–Crippen LogP) is -0.0939. The van der Waals surface area contributed by atoms with E-state index in [4.69, 9.17) is 28.0 Å². The van der Waals surface area contributed by atoms with Crippen molar-refractivity contribution in [1.29, 1.82) is 10.8 Å². The van der Waals surface area contributed by atoms with Gasteiger partial charge in [-0.15, -0.1) is 0 Å². The molecule has 0 saturated heterocycles. The lowest BCUT2D eigenvalue weighted by molar-refractivity contribution is -0.142. The van der Waals surface area contributed by atoms with Gasteiger partial charge in [0.15, 0.2) is 5.96 Å². The Labute approximate surface area is 241 Å². The number of primary amides is 1. The number of nitrogens with two attached hydrogens (primary N) is 3. The third-order valence-corrected chi connectivity index (χ3v) is 7.33. The van der Waals surface area contributed by atoms with Crippen molar-refractivity contribution in [2.75, 3.05) is 20.6 Å². The first-order valence-electron chi connectivity index (χ1n) is 14.0. The van der Waals surface area contributed by atoms with Gasteiger partial charge in [-0.3, -0.25) is 30.0 Å². The van der Waals surface area contributed by atoms with Crippen LogP contribution >= 0.6 is 0 Å². The van der Waals surface area contributed by atoms with E-state index >= 15 is 0 Å². The van der Waals surface area contributed by atoms with Crippen LogP contribution in [0.5, 0.6) is 0 Å². The van der Waals surface area contributed by atoms with E-state index in [1.807, 2.05) is 0 Å². The van der Waals surface area contributed by atoms with Crippen molar-refractivity contribution in [1.82, 2.24) is 20.9 Å². The van der Waals surface area contributed by atoms with Gasteiger partial charge in [0.05, 0.1) is 0 Å². The fourth-order valence-corrected chi connectivity index (χ4v) is 5.01. The van der Waals surface area contributed by atoms with E-state index in [1.165, 1.54) is 4.90 Å². The number of hydrogen-bond acceptors (Lipinski definition) is 6. The van der Waals surface area contributed by atoms with Crippen molar-refractivity contribution in [2.24, 2.45) is 29.0 Å². The van der Waals surface area contributed by atoms with Crippen LogP contribution in [0.2, 0.25) is 0 Å². The SMILES string of the molecule is CN(C)C(=O)C(Cc1ccc(C(=N)N)cc1)C(=O)N[C@@H](CC1CCCCC1)C(=O)N[C@@H](CCCNC(=N)N)C(N)=O. The number of nitrogens with one attached hydrogen (secondary N) is 5. The molecule has 0 radical (unpaired) electrons. The van der Waals surface area contributed by atoms with Gasteiger partial charge >= 0.3 is 0 Å². The minimum Gasteiger partial charge on any atom is -0.384 e. The number of hydrogen-bond donors (Lipinski definition) is 8. The minimum atomic E-state index is -1.10. The zero-order chi connectivity index (χ0) is 30.5. The molecule has 13 heteroatoms. The summed E-state index contributed by atoms with van der Waals surface area (Å²) in [4.78, 5) is 53.6. The second kappa shape index (κ2) is 16.2. The Morgan fingerprint density at radius 1 is 0.927 bits per heavy atom. The Balaban J connectivity index is 2.22. The molecule has 3 atom stereocenters. The molecule has 1 fully saturated rings. The molecule has 1 aromatic carbocycles. The molecular formula is C28H45N9O4. The van der Waals surface area contributed by atoms with Gasteiger partial charge in [0.25, 0.3) is 0 Å². The van der Waals surface area contributed by atoms with Gasteiger partial charge in [0, 0.05) is 26.2 Å². The molecule has 226 valence electrons. The summed E-state index contributed by atoms with van der Waals surface area (Å²) in [7, 11) is 3.12. The molecule has 1 aliphatic carbocycles. The topological polar surface area (TPSA) is 233 Å². The third-order valence-electron chi connectivity index (χ3n) is 7.33. The lowest BCUT2D eigenvalue weighted by atomic mass is 9.84. The summed E-state index contributed by atoms with van der Waals surface area (Å²) in [6, 6.07) is 4.81. The Bertz CT molecular complexity index is 1080. The predicted molar refractivity (Wildman–Crippen MR) is 157 cm³/mol. The summed E-state index contributed by atoms with van der Waals surface area (Å²) in [5.41, 5.74) is 17.6. The second-order valence-corrected chi connectivity index (χ2v) is 10.8. The quantitative estimate of drug-likeness (QED) is 0.0616. The van der Waals surface area contributed by atoms with E-state index in [-0.39, 0.29) is 30.6 Å². The van der Waals surface area contributed by atoms with Crippen molar-refractivity contribution >= 4 is 35.4 Å². The Kier molecular flexibility index (Phi) is 13.0. The number of carbonyl (C=O) groups is 4. The molecule has 0 heterocycles. The fourth-order valence-electron chi connectivity index (χ4n) is 5.01. The van der Waals surface area contributed by atoms with E-state index in [2.05, 4.69) is 16.0 Å². The Hall–Kier alpha value is -4.16. The van der Waals surface area contributed by atoms with Crippen LogP contribution in [0.25, 0.3) is 0 Å². The third kappa shape index (κ3) is 11.1. The molecule has 0 bridgehead atoms. The second-order valence-electron chi connectivity index (χ2n) is 10.8. The van der Waals surface area contributed by atoms with Gasteiger partial charge in [-0.05, 0) is 37.2 Å². The molecule has 1 aliphatic rings. The van der Waals surface area contributed by atoms with Crippen LogP contribution in [-0.4, -0.2) is 73.0 Å². The van der Waals surface area contributed by atoms with Crippen LogP contribution < -0.4 is 33.2 Å². The van der Waals surface area contributed by atoms with Crippen molar-refractivity contribution in [3.8, 4) is 0 Å². The summed E-state index contributed by atoms with van der Waals surface area (Å²) in [6.07, 6.45) is 6.18. The molecule has 1 unspecified atom stereocenters. The van der Waals surface area contributed by atoms with E-state index in [0.717, 1.165) is 32.1 Å². The van der Waals surface area contributed by atoms with Gasteiger partial charge < -0.3 is 38.1 Å². The highest BCUT2D eigenvalue weighted by Crippen LogP contribution is 2.27. The van der Waals surface area contributed by atoms with Crippen LogP contribution in [0, 0.1) is 22.7 Å². The minimum absolute atomic E-state index is 0.0869. The summed E-state index contributed by atoms with van der Waals surface area (Å²) in [5, 5.41) is 23.0. The van der Waals surface area contributed by atoms with Crippen molar-refractivity contribution in [3.05, 3.63) is 35.4 Å². The number of nitrogens with zero attached hydrogens (tertiary/aromatic N) is 1. The maximum Gasteiger partial charge on any atom is 0.243 e. The van der Waals surface area contributed by atoms with Crippen molar-refractivity contribution in [2.45, 2.75) is 69.9 Å². The van der Waals surface area contributed by atoms with Crippen molar-refractivity contribution in [3.63, 3.8) is 0 Å². The standard InChI is InChI=1S/C28H45N9O4/c1-37(2)27(41)20(15-18-10-12-19(13-11-18)23(29)30)25(39)36-22(16-17-7-4-3-5-8-17)26(40)35-21(24(31)38)9-6-14-34-28(32)33/h10-13,17,20-22H,3-9,14-16H2,1-2H3,(H3,29,30)(H2,31,38)(H,35,40)(H,36,39)(H4,32,33,34)/t20?,21-,22-/m0/s1. The molecule has 13 nitrogen and oxygen atoms in total. The van der Waals surface area contributed by atoms with Crippen LogP contribution in [0.3, 0.4) is 0 Å². The highest BCUT2D eigenvalue weighted by atomic mass is 16.2. The number of nitrogen functional groups attached to an aromatic ring is 1. The smallest absolute Gasteiger partial charge is 0.243 e. The van der Waals surface area contributed by atoms with Crippen molar-refractivity contribution < 1.29 is 19.2 Å². The number of amidine groups is 1. The number of guanidine groups is 1. The van der Waals surface area contributed by atoms with E-state index in [1.54, 1.807) is 38.4 Å². The van der Waals surface area contributed by atoms with Gasteiger partial charge in [0.1, 0.15) is 23.8 Å². The van der Waals surface area contributed by atoms with Crippen LogP contribution in [0.15, 0.2) is 24.3 Å². The van der Waals surface area contributed by atoms with Crippen LogP contribution in [0.4, 0.5) is 0 Å². The number of carbonyl (C=O) groups excluding carboxylic acids is 4. The molecule has 4 amide bonds. The summed E-state index contributed by atoms with van der Waals surface area (Å²) >= 11 is 0. The molecule has 0 spiro atoms. The van der Waals surface area contributed by atoms with E-state index in [9.17, 15) is 19.2 Å². The highest BCUT2D eigenvalue weighted by Gasteiger charge is 2.34. The molecular weight excluding hydrogens is 526 g/mol. The molecule has 41 heavy (non-hydrogen) atoms. The highest BCUT2D eigenvalue weighted by molar-refractivity contribution is 6.02. The zero-order valence-electron chi connectivity index (χ0n) is 24.0. The van der Waals surface area contributed by atoms with Gasteiger partial charge in [-0.2, -0.15) is 0 Å². The monoisotopic (exact) mass is 571 g/mol. The number of benzene rings is 1. The molecule has 1 saturated carbocycles. The molecule has 2 rings (SSSR count). The Morgan fingerprint density at radius 2 is 1.54 bits per heavy atom. The lowest BCUT2D eigenvalue weighted by Crippen LogP contribution is -2.55. The first-order chi connectivity index (χ1) is 19.4. The number of rotatable bonds is 15. The summed E-state index contributed by atoms with van der Waals surface area (Å²) in [6.45, 7) is 0.332. The van der Waals surface area contributed by atoms with Gasteiger partial charge in [0.2, 0.25) is 23.6 Å². The average Bonchev–Trinajstić information content (AvgIpc) is 2.92. The van der Waals surface area contributed by atoms with Crippen LogP contribution in [0.1, 0.15) is 62.5 Å². The largest absolute Gasteiger partial charge is 0.384 e. The van der Waals surface area contributed by atoms with Gasteiger partial charge in [-0.1, -0.05) is 56.4 Å². The summed E-state index contributed by atoms with van der Waals surface area (Å²) in [5.74, 6) is -3.41. The fraction of sp³-hybridized carbons (Fsp3) is 0.571. The normalized spacial score (nSPS) is 15.6. The van der Waals surface area contributed by atoms with Gasteiger partial charge in [-0.25, -0.2) is 0 Å². The van der Waals surface area contributed by atoms with Crippen LogP contribution in [-0.2, 0) is 25.6 Å². The summed E-state index contributed by atoms with van der Waals surface area (Å²) < 4.78 is 0. The first-order valence-corrected chi connectivity index (χ1v) is 14.0. The van der Waals surface area contributed by atoms with E-state index < -0.39 is 41.6 Å². The number of amides is 4. The zero-order valence-corrected chi connectivity index (χ0v) is 24.0. The Morgan fingerprint density at radius 3 is 2.07 bits per heavy atom. The molecule has 0 aliphatic heterocycles. The lowest BCUT2D eigenvalue weighted by Gasteiger charge is -2.29. The maximum absolute atomic E-state index is 13.6. The average molecular weight is 572 g/mol.